The predicted octanol–water partition coefficient (Wildman–Crippen LogP) is -10.8. The second kappa shape index (κ2) is 22.6. The highest BCUT2D eigenvalue weighted by Crippen LogP contribution is 2.36. The molecule has 0 aromatic heterocycles. The van der Waals surface area contributed by atoms with Crippen LogP contribution in [0.15, 0.2) is 0 Å². The molecule has 5 saturated heterocycles. The summed E-state index contributed by atoms with van der Waals surface area (Å²) in [7, 11) is -5.09. The SMILES string of the molecule is CC(=O)N[C@@H]1[C@@H](O[C@@H]2O[C@H](CO)[C@H](O)[C@H](O[C@H]3O[C@H](CO)[C@H](O)[C@H](O)[C@H]3O)[C@H]2O[C@@H]2O[C@@H](C)[C@@H](O)[C@@H](O)[C@@H]2O)[C@@H](O)[C@@H](CO[C@@H]2O[C@H](COS(=O)(=O)O)[C@@H](O)[C@H](O)[C@H]2NC(C)=O)O[C@H]1O. The molecule has 30 nitrogen and oxygen atoms in total. The summed E-state index contributed by atoms with van der Waals surface area (Å²) in [5.74, 6) is -1.62. The summed E-state index contributed by atoms with van der Waals surface area (Å²) >= 11 is 0. The third kappa shape index (κ3) is 12.6. The van der Waals surface area contributed by atoms with Crippen molar-refractivity contribution in [2.24, 2.45) is 0 Å². The summed E-state index contributed by atoms with van der Waals surface area (Å²) in [5, 5.41) is 144. The summed E-state index contributed by atoms with van der Waals surface area (Å²) in [6.45, 7) is -0.599. The Balaban J connectivity index is 1.48. The second-order valence-corrected chi connectivity index (χ2v) is 17.1. The molecule has 0 saturated carbocycles. The smallest absolute Gasteiger partial charge is 0.394 e. The molecule has 5 fully saturated rings. The molecule has 0 aromatic rings. The molecule has 0 bridgehead atoms. The fourth-order valence-electron chi connectivity index (χ4n) is 7.79. The topological polar surface area (TPSA) is 468 Å². The third-order valence-electron chi connectivity index (χ3n) is 11.3. The van der Waals surface area contributed by atoms with E-state index in [0.717, 1.165) is 13.8 Å². The van der Waals surface area contributed by atoms with Crippen LogP contribution in [-0.2, 0) is 66.8 Å². The molecule has 5 aliphatic rings. The normalized spacial score (nSPS) is 47.5. The van der Waals surface area contributed by atoms with Crippen molar-refractivity contribution in [3.8, 4) is 0 Å². The number of hydrogen-bond donors (Lipinski definition) is 16. The van der Waals surface area contributed by atoms with Gasteiger partial charge in [0.2, 0.25) is 11.8 Å². The summed E-state index contributed by atoms with van der Waals surface area (Å²) < 4.78 is 87.4. The highest BCUT2D eigenvalue weighted by molar-refractivity contribution is 7.80. The summed E-state index contributed by atoms with van der Waals surface area (Å²) in [6.07, 6.45) is -43.7. The first-order valence-corrected chi connectivity index (χ1v) is 21.5. The molecule has 65 heavy (non-hydrogen) atoms. The number of amides is 2. The minimum atomic E-state index is -5.09. The van der Waals surface area contributed by atoms with E-state index in [9.17, 15) is 84.4 Å². The van der Waals surface area contributed by atoms with Crippen LogP contribution in [0.3, 0.4) is 0 Å². The van der Waals surface area contributed by atoms with Gasteiger partial charge >= 0.3 is 10.4 Å². The molecule has 0 unspecified atom stereocenters. The first kappa shape index (κ1) is 53.9. The summed E-state index contributed by atoms with van der Waals surface area (Å²) in [4.78, 5) is 24.5. The number of aliphatic hydroxyl groups is 13. The lowest BCUT2D eigenvalue weighted by molar-refractivity contribution is -0.401. The molecule has 25 atom stereocenters. The van der Waals surface area contributed by atoms with Crippen LogP contribution >= 0.6 is 0 Å². The number of rotatable bonds is 16. The lowest BCUT2D eigenvalue weighted by Gasteiger charge is -2.51. The third-order valence-corrected chi connectivity index (χ3v) is 11.7. The molecule has 2 amide bonds. The van der Waals surface area contributed by atoms with Crippen LogP contribution in [0.4, 0.5) is 0 Å². The van der Waals surface area contributed by atoms with E-state index in [1.807, 2.05) is 0 Å². The molecule has 0 spiro atoms. The Kier molecular flexibility index (Phi) is 18.7. The van der Waals surface area contributed by atoms with Crippen molar-refractivity contribution in [3.63, 3.8) is 0 Å². The molecule has 5 aliphatic heterocycles. The number of carbonyl (C=O) groups excluding carboxylic acids is 2. The van der Waals surface area contributed by atoms with Crippen molar-refractivity contribution in [1.82, 2.24) is 10.6 Å². The predicted molar refractivity (Wildman–Crippen MR) is 199 cm³/mol. The Morgan fingerprint density at radius 1 is 0.508 bits per heavy atom. The summed E-state index contributed by atoms with van der Waals surface area (Å²) in [6, 6.07) is -3.36. The molecule has 5 rings (SSSR count). The van der Waals surface area contributed by atoms with E-state index < -0.39 is 202 Å². The molecule has 31 heteroatoms. The summed E-state index contributed by atoms with van der Waals surface area (Å²) in [5.41, 5.74) is 0. The Labute approximate surface area is 368 Å². The molecular formula is C34H58N2O28S. The standard InChI is InChI=1S/C34H58N2O28S/c1-8-17(41)23(47)25(49)32(57-8)64-29-28(63-33-26(50)24(48)18(42)11(4-37)59-33)20(44)12(5-38)60-34(29)62-27-16(36-10(3)40)30(51)58-13(21(27)45)6-55-31-15(35-9(2)39)22(46)19(43)14(61-31)7-56-65(52,53)54/h8,11-34,37-38,41-51H,4-7H2,1-3H3,(H,35,39)(H,36,40)(H,52,53,54)/t8-,11+,12+,13+,14+,15+,16+,17+,18-,19+,20-,21-,22+,23+,24-,25-,26+,27+,28-,29+,30+,31+,32-,33+,34-/m0/s1. The van der Waals surface area contributed by atoms with Crippen molar-refractivity contribution in [2.75, 3.05) is 26.4 Å². The van der Waals surface area contributed by atoms with Gasteiger partial charge in [0.15, 0.2) is 31.5 Å². The number of hydrogen-bond acceptors (Lipinski definition) is 27. The fourth-order valence-corrected chi connectivity index (χ4v) is 8.09. The van der Waals surface area contributed by atoms with Gasteiger partial charge in [-0.3, -0.25) is 14.1 Å². The molecule has 0 aliphatic carbocycles. The van der Waals surface area contributed by atoms with Crippen LogP contribution in [0.2, 0.25) is 0 Å². The van der Waals surface area contributed by atoms with Gasteiger partial charge in [0.25, 0.3) is 0 Å². The average molecular weight is 975 g/mol. The zero-order valence-corrected chi connectivity index (χ0v) is 35.5. The van der Waals surface area contributed by atoms with Crippen molar-refractivity contribution in [3.05, 3.63) is 0 Å². The molecule has 0 radical (unpaired) electrons. The molecule has 0 aromatic carbocycles. The van der Waals surface area contributed by atoms with Gasteiger partial charge in [-0.25, -0.2) is 4.18 Å². The zero-order chi connectivity index (χ0) is 48.4. The lowest BCUT2D eigenvalue weighted by atomic mass is 9.94. The van der Waals surface area contributed by atoms with Gasteiger partial charge in [-0.1, -0.05) is 0 Å². The van der Waals surface area contributed by atoms with Crippen LogP contribution in [-0.4, -0.2) is 271 Å². The average Bonchev–Trinajstić information content (AvgIpc) is 3.23. The van der Waals surface area contributed by atoms with E-state index in [4.69, 9.17) is 47.2 Å². The first-order chi connectivity index (χ1) is 30.4. The first-order valence-electron chi connectivity index (χ1n) is 20.1. The highest BCUT2D eigenvalue weighted by Gasteiger charge is 2.57. The minimum Gasteiger partial charge on any atom is -0.394 e. The van der Waals surface area contributed by atoms with E-state index in [2.05, 4.69) is 14.8 Å². The monoisotopic (exact) mass is 974 g/mol. The van der Waals surface area contributed by atoms with E-state index in [1.54, 1.807) is 0 Å². The quantitative estimate of drug-likeness (QED) is 0.0639. The van der Waals surface area contributed by atoms with Crippen LogP contribution < -0.4 is 10.6 Å². The van der Waals surface area contributed by atoms with Gasteiger partial charge in [0, 0.05) is 13.8 Å². The second-order valence-electron chi connectivity index (χ2n) is 16.0. The van der Waals surface area contributed by atoms with E-state index >= 15 is 0 Å². The van der Waals surface area contributed by atoms with Crippen molar-refractivity contribution in [2.45, 2.75) is 174 Å². The Morgan fingerprint density at radius 3 is 1.55 bits per heavy atom. The Hall–Kier alpha value is -2.07. The van der Waals surface area contributed by atoms with E-state index in [1.165, 1.54) is 6.92 Å². The highest BCUT2D eigenvalue weighted by atomic mass is 32.3. The van der Waals surface area contributed by atoms with Gasteiger partial charge in [-0.05, 0) is 6.92 Å². The number of nitrogens with one attached hydrogen (secondary N) is 2. The molecule has 5 heterocycles. The van der Waals surface area contributed by atoms with Crippen molar-refractivity contribution >= 4 is 22.2 Å². The van der Waals surface area contributed by atoms with Gasteiger partial charge in [0.05, 0.1) is 32.5 Å². The Bertz CT molecular complexity index is 1670. The van der Waals surface area contributed by atoms with Crippen LogP contribution in [0.25, 0.3) is 0 Å². The van der Waals surface area contributed by atoms with Gasteiger partial charge in [0.1, 0.15) is 116 Å². The van der Waals surface area contributed by atoms with Crippen LogP contribution in [0, 0.1) is 0 Å². The number of carbonyl (C=O) groups is 2. The van der Waals surface area contributed by atoms with Gasteiger partial charge < -0.3 is 120 Å². The van der Waals surface area contributed by atoms with Gasteiger partial charge in [-0.15, -0.1) is 0 Å². The fraction of sp³-hybridized carbons (Fsp3) is 0.941. The Morgan fingerprint density at radius 2 is 0.969 bits per heavy atom. The largest absolute Gasteiger partial charge is 0.397 e. The molecule has 378 valence electrons. The lowest BCUT2D eigenvalue weighted by Crippen LogP contribution is -2.70. The number of ether oxygens (including phenoxy) is 9. The van der Waals surface area contributed by atoms with Gasteiger partial charge in [-0.2, -0.15) is 8.42 Å². The molecular weight excluding hydrogens is 916 g/mol. The maximum Gasteiger partial charge on any atom is 0.397 e. The zero-order valence-electron chi connectivity index (χ0n) is 34.6. The van der Waals surface area contributed by atoms with Crippen LogP contribution in [0.5, 0.6) is 0 Å². The van der Waals surface area contributed by atoms with E-state index in [-0.39, 0.29) is 0 Å². The minimum absolute atomic E-state index is 0.780. The van der Waals surface area contributed by atoms with Crippen molar-refractivity contribution in [1.29, 1.82) is 0 Å². The van der Waals surface area contributed by atoms with Crippen LogP contribution in [0.1, 0.15) is 20.8 Å². The number of aliphatic hydroxyl groups excluding tert-OH is 13. The van der Waals surface area contributed by atoms with E-state index in [0.29, 0.717) is 0 Å². The van der Waals surface area contributed by atoms with Crippen molar-refractivity contribution < 1.29 is 136 Å². The maximum absolute atomic E-state index is 12.4. The maximum atomic E-state index is 12.4. The molecule has 16 N–H and O–H groups in total.